The van der Waals surface area contributed by atoms with Gasteiger partial charge in [-0.25, -0.2) is 0 Å². The van der Waals surface area contributed by atoms with Gasteiger partial charge in [-0.3, -0.25) is 0 Å². The van der Waals surface area contributed by atoms with Gasteiger partial charge in [-0.1, -0.05) is 24.3 Å². The van der Waals surface area contributed by atoms with E-state index in [0.29, 0.717) is 12.4 Å². The summed E-state index contributed by atoms with van der Waals surface area (Å²) in [6.45, 7) is 4.54. The smallest absolute Gasteiger partial charge is 0.198 e. The Kier molecular flexibility index (Phi) is 3.15. The first-order valence-electron chi connectivity index (χ1n) is 5.52. The molecule has 0 aliphatic carbocycles. The van der Waals surface area contributed by atoms with Crippen LogP contribution in [-0.4, -0.2) is 20.2 Å². The lowest BCUT2D eigenvalue weighted by Crippen LogP contribution is -1.98. The zero-order chi connectivity index (χ0) is 12.3. The van der Waals surface area contributed by atoms with Crippen molar-refractivity contribution in [3.8, 4) is 17.5 Å². The van der Waals surface area contributed by atoms with Crippen LogP contribution in [-0.2, 0) is 6.54 Å². The van der Waals surface area contributed by atoms with Gasteiger partial charge in [0.15, 0.2) is 0 Å². The maximum absolute atomic E-state index is 8.82. The Labute approximate surface area is 99.7 Å². The first-order valence-corrected chi connectivity index (χ1v) is 5.52. The van der Waals surface area contributed by atoms with E-state index in [1.54, 1.807) is 4.80 Å². The molecule has 0 fully saturated rings. The van der Waals surface area contributed by atoms with Crippen LogP contribution in [0.4, 0.5) is 0 Å². The van der Waals surface area contributed by atoms with Gasteiger partial charge < -0.3 is 0 Å². The van der Waals surface area contributed by atoms with Crippen LogP contribution >= 0.6 is 0 Å². The van der Waals surface area contributed by atoms with Crippen LogP contribution in [0.1, 0.15) is 25.3 Å². The molecule has 5 heteroatoms. The van der Waals surface area contributed by atoms with Gasteiger partial charge in [0.05, 0.1) is 18.5 Å². The molecule has 1 aromatic heterocycles. The van der Waals surface area contributed by atoms with Gasteiger partial charge in [0.2, 0.25) is 5.82 Å². The molecule has 0 bridgehead atoms. The fourth-order valence-corrected chi connectivity index (χ4v) is 1.49. The third-order valence-corrected chi connectivity index (χ3v) is 2.60. The van der Waals surface area contributed by atoms with Gasteiger partial charge in [-0.15, -0.1) is 10.2 Å². The second kappa shape index (κ2) is 4.74. The first kappa shape index (κ1) is 11.3. The van der Waals surface area contributed by atoms with Crippen molar-refractivity contribution in [2.24, 2.45) is 0 Å². The Morgan fingerprint density at radius 1 is 1.35 bits per heavy atom. The standard InChI is InChI=1S/C12H13N5/c1-3-17-15-12(14-16-17)11-6-4-10(5-7-11)9(2)8-13/h4-7,9H,3H2,1-2H3. The van der Waals surface area contributed by atoms with Crippen molar-refractivity contribution in [1.82, 2.24) is 20.2 Å². The minimum Gasteiger partial charge on any atom is -0.198 e. The van der Waals surface area contributed by atoms with Crippen LogP contribution in [0.25, 0.3) is 11.4 Å². The van der Waals surface area contributed by atoms with Crippen LogP contribution in [0.2, 0.25) is 0 Å². The molecule has 5 nitrogen and oxygen atoms in total. The highest BCUT2D eigenvalue weighted by molar-refractivity contribution is 5.54. The molecular weight excluding hydrogens is 214 g/mol. The van der Waals surface area contributed by atoms with Crippen LogP contribution < -0.4 is 0 Å². The van der Waals surface area contributed by atoms with E-state index in [-0.39, 0.29) is 5.92 Å². The highest BCUT2D eigenvalue weighted by atomic mass is 15.6. The molecule has 1 aromatic carbocycles. The summed E-state index contributed by atoms with van der Waals surface area (Å²) >= 11 is 0. The first-order chi connectivity index (χ1) is 8.24. The van der Waals surface area contributed by atoms with Crippen LogP contribution in [0.3, 0.4) is 0 Å². The van der Waals surface area contributed by atoms with Gasteiger partial charge >= 0.3 is 0 Å². The number of rotatable bonds is 3. The predicted molar refractivity (Wildman–Crippen MR) is 63.0 cm³/mol. The molecule has 2 rings (SSSR count). The number of benzene rings is 1. The molecule has 0 aliphatic heterocycles. The van der Waals surface area contributed by atoms with Gasteiger partial charge in [0.25, 0.3) is 0 Å². The molecule has 0 radical (unpaired) electrons. The monoisotopic (exact) mass is 227 g/mol. The third kappa shape index (κ3) is 2.31. The van der Waals surface area contributed by atoms with Crippen molar-refractivity contribution in [3.63, 3.8) is 0 Å². The maximum Gasteiger partial charge on any atom is 0.204 e. The Balaban J connectivity index is 2.26. The van der Waals surface area contributed by atoms with Crippen LogP contribution in [0.5, 0.6) is 0 Å². The zero-order valence-electron chi connectivity index (χ0n) is 9.83. The van der Waals surface area contributed by atoms with Crippen molar-refractivity contribution in [2.45, 2.75) is 26.3 Å². The van der Waals surface area contributed by atoms with E-state index in [9.17, 15) is 0 Å². The SMILES string of the molecule is CCn1nnc(-c2ccc(C(C)C#N)cc2)n1. The fraction of sp³-hybridized carbons (Fsp3) is 0.333. The summed E-state index contributed by atoms with van der Waals surface area (Å²) < 4.78 is 0. The lowest BCUT2D eigenvalue weighted by atomic mass is 10.0. The molecule has 2 aromatic rings. The van der Waals surface area contributed by atoms with Crippen molar-refractivity contribution in [3.05, 3.63) is 29.8 Å². The lowest BCUT2D eigenvalue weighted by molar-refractivity contribution is 0.553. The van der Waals surface area contributed by atoms with Gasteiger partial charge in [0.1, 0.15) is 0 Å². The third-order valence-electron chi connectivity index (χ3n) is 2.60. The molecule has 0 spiro atoms. The highest BCUT2D eigenvalue weighted by Crippen LogP contribution is 2.19. The average Bonchev–Trinajstić information content (AvgIpc) is 2.87. The van der Waals surface area contributed by atoms with Crippen molar-refractivity contribution < 1.29 is 0 Å². The second-order valence-electron chi connectivity index (χ2n) is 3.77. The maximum atomic E-state index is 8.82. The molecule has 1 atom stereocenters. The highest BCUT2D eigenvalue weighted by Gasteiger charge is 2.07. The van der Waals surface area contributed by atoms with E-state index in [1.807, 2.05) is 38.1 Å². The number of hydrogen-bond acceptors (Lipinski definition) is 4. The van der Waals surface area contributed by atoms with Gasteiger partial charge in [0, 0.05) is 5.56 Å². The summed E-state index contributed by atoms with van der Waals surface area (Å²) in [7, 11) is 0. The van der Waals surface area contributed by atoms with Gasteiger partial charge in [-0.05, 0) is 24.6 Å². The minimum atomic E-state index is -0.0941. The molecule has 0 saturated carbocycles. The summed E-state index contributed by atoms with van der Waals surface area (Å²) in [6.07, 6.45) is 0. The van der Waals surface area contributed by atoms with Crippen molar-refractivity contribution in [1.29, 1.82) is 5.26 Å². The van der Waals surface area contributed by atoms with Gasteiger partial charge in [-0.2, -0.15) is 10.1 Å². The van der Waals surface area contributed by atoms with E-state index in [2.05, 4.69) is 21.5 Å². The number of nitrogens with zero attached hydrogens (tertiary/aromatic N) is 5. The predicted octanol–water partition coefficient (Wildman–Crippen LogP) is 1.99. The largest absolute Gasteiger partial charge is 0.204 e. The van der Waals surface area contributed by atoms with E-state index >= 15 is 0 Å². The van der Waals surface area contributed by atoms with Crippen LogP contribution in [0, 0.1) is 11.3 Å². The summed E-state index contributed by atoms with van der Waals surface area (Å²) in [4.78, 5) is 1.54. The molecule has 1 heterocycles. The Morgan fingerprint density at radius 2 is 2.06 bits per heavy atom. The lowest BCUT2D eigenvalue weighted by Gasteiger charge is -2.02. The number of tetrazole rings is 1. The Morgan fingerprint density at radius 3 is 2.59 bits per heavy atom. The van der Waals surface area contributed by atoms with E-state index in [1.165, 1.54) is 0 Å². The molecule has 1 unspecified atom stereocenters. The number of aryl methyl sites for hydroxylation is 1. The van der Waals surface area contributed by atoms with Crippen LogP contribution in [0.15, 0.2) is 24.3 Å². The molecule has 17 heavy (non-hydrogen) atoms. The second-order valence-corrected chi connectivity index (χ2v) is 3.77. The van der Waals surface area contributed by atoms with Crippen molar-refractivity contribution >= 4 is 0 Å². The fourth-order valence-electron chi connectivity index (χ4n) is 1.49. The summed E-state index contributed by atoms with van der Waals surface area (Å²) in [5.74, 6) is 0.520. The molecule has 0 saturated heterocycles. The summed E-state index contributed by atoms with van der Waals surface area (Å²) in [6, 6.07) is 9.89. The minimum absolute atomic E-state index is 0.0941. The van der Waals surface area contributed by atoms with E-state index < -0.39 is 0 Å². The van der Waals surface area contributed by atoms with E-state index in [0.717, 1.165) is 11.1 Å². The summed E-state index contributed by atoms with van der Waals surface area (Å²) in [5.41, 5.74) is 1.91. The summed E-state index contributed by atoms with van der Waals surface area (Å²) in [5, 5.41) is 20.9. The Hall–Kier alpha value is -2.22. The Bertz CT molecular complexity index is 535. The molecular formula is C12H13N5. The zero-order valence-corrected chi connectivity index (χ0v) is 9.83. The topological polar surface area (TPSA) is 67.4 Å². The average molecular weight is 227 g/mol. The normalized spacial score (nSPS) is 12.1. The van der Waals surface area contributed by atoms with Crippen molar-refractivity contribution in [2.75, 3.05) is 0 Å². The molecule has 0 amide bonds. The molecule has 0 aliphatic rings. The van der Waals surface area contributed by atoms with E-state index in [4.69, 9.17) is 5.26 Å². The molecule has 86 valence electrons. The quantitative estimate of drug-likeness (QED) is 0.804. The number of aromatic nitrogens is 4. The molecule has 0 N–H and O–H groups in total. The number of nitriles is 1. The number of hydrogen-bond donors (Lipinski definition) is 0.